The lowest BCUT2D eigenvalue weighted by atomic mass is 9.81. The fraction of sp³-hybridized carbons (Fsp3) is 0.333. The Hall–Kier alpha value is -2.28. The second-order valence-electron chi connectivity index (χ2n) is 8.91. The number of rotatable bonds is 2. The molecule has 0 saturated carbocycles. The van der Waals surface area contributed by atoms with Gasteiger partial charge in [0, 0.05) is 16.8 Å². The van der Waals surface area contributed by atoms with E-state index in [-0.39, 0.29) is 10.8 Å². The lowest BCUT2D eigenvalue weighted by molar-refractivity contribution is 0.590. The van der Waals surface area contributed by atoms with E-state index in [1.807, 2.05) is 6.07 Å². The van der Waals surface area contributed by atoms with Gasteiger partial charge in [0.25, 0.3) is 0 Å². The molecule has 3 aromatic carbocycles. The molecule has 0 atom stereocenters. The molecule has 0 bridgehead atoms. The summed E-state index contributed by atoms with van der Waals surface area (Å²) < 4.78 is 0. The maximum Gasteiger partial charge on any atom is 0.0464 e. The van der Waals surface area contributed by atoms with E-state index in [0.717, 1.165) is 5.69 Å². The average Bonchev–Trinajstić information content (AvgIpc) is 2.53. The van der Waals surface area contributed by atoms with Gasteiger partial charge in [0.05, 0.1) is 0 Å². The standard InChI is InChI=1S/C24H29N/c1-23(2,3)17-12-13-19-20(16-17)22(15-14-21(19)24(4,5)6)25-18-10-8-7-9-11-18/h7-16,25H,1-6H3. The van der Waals surface area contributed by atoms with Crippen LogP contribution in [0.3, 0.4) is 0 Å². The van der Waals surface area contributed by atoms with Crippen LogP contribution in [-0.2, 0) is 10.8 Å². The molecule has 0 spiro atoms. The van der Waals surface area contributed by atoms with Crippen molar-refractivity contribution >= 4 is 22.1 Å². The smallest absolute Gasteiger partial charge is 0.0464 e. The van der Waals surface area contributed by atoms with Crippen molar-refractivity contribution in [3.63, 3.8) is 0 Å². The van der Waals surface area contributed by atoms with E-state index in [9.17, 15) is 0 Å². The number of para-hydroxylation sites is 1. The van der Waals surface area contributed by atoms with E-state index < -0.39 is 0 Å². The van der Waals surface area contributed by atoms with Crippen LogP contribution in [0, 0.1) is 0 Å². The van der Waals surface area contributed by atoms with E-state index >= 15 is 0 Å². The Morgan fingerprint density at radius 1 is 0.640 bits per heavy atom. The normalized spacial score (nSPS) is 12.4. The van der Waals surface area contributed by atoms with Crippen LogP contribution in [0.4, 0.5) is 11.4 Å². The van der Waals surface area contributed by atoms with Gasteiger partial charge in [-0.15, -0.1) is 0 Å². The summed E-state index contributed by atoms with van der Waals surface area (Å²) in [6, 6.07) is 21.8. The lowest BCUT2D eigenvalue weighted by Gasteiger charge is -2.25. The van der Waals surface area contributed by atoms with Gasteiger partial charge in [0.1, 0.15) is 0 Å². The molecular formula is C24H29N. The predicted molar refractivity (Wildman–Crippen MR) is 111 cm³/mol. The summed E-state index contributed by atoms with van der Waals surface area (Å²) in [6.45, 7) is 13.7. The highest BCUT2D eigenvalue weighted by Gasteiger charge is 2.20. The monoisotopic (exact) mass is 331 g/mol. The number of fused-ring (bicyclic) bond motifs is 1. The number of nitrogens with one attached hydrogen (secondary N) is 1. The van der Waals surface area contributed by atoms with Gasteiger partial charge in [-0.05, 0) is 51.6 Å². The predicted octanol–water partition coefficient (Wildman–Crippen LogP) is 7.18. The maximum absolute atomic E-state index is 3.60. The minimum absolute atomic E-state index is 0.118. The van der Waals surface area contributed by atoms with Crippen molar-refractivity contribution < 1.29 is 0 Å². The van der Waals surface area contributed by atoms with Crippen LogP contribution in [0.25, 0.3) is 10.8 Å². The van der Waals surface area contributed by atoms with E-state index in [1.165, 1.54) is 27.6 Å². The maximum atomic E-state index is 3.60. The summed E-state index contributed by atoms with van der Waals surface area (Å²) in [7, 11) is 0. The van der Waals surface area contributed by atoms with Crippen molar-refractivity contribution in [2.75, 3.05) is 5.32 Å². The second-order valence-corrected chi connectivity index (χ2v) is 8.91. The average molecular weight is 332 g/mol. The van der Waals surface area contributed by atoms with Gasteiger partial charge in [0.2, 0.25) is 0 Å². The summed E-state index contributed by atoms with van der Waals surface area (Å²) in [4.78, 5) is 0. The fourth-order valence-electron chi connectivity index (χ4n) is 3.25. The minimum atomic E-state index is 0.118. The Labute approximate surface area is 152 Å². The molecule has 1 heteroatoms. The summed E-state index contributed by atoms with van der Waals surface area (Å²) in [5, 5.41) is 6.23. The molecule has 0 aliphatic heterocycles. The lowest BCUT2D eigenvalue weighted by Crippen LogP contribution is -2.13. The molecule has 0 unspecified atom stereocenters. The topological polar surface area (TPSA) is 12.0 Å². The quantitative estimate of drug-likeness (QED) is 0.524. The molecule has 3 rings (SSSR count). The summed E-state index contributed by atoms with van der Waals surface area (Å²) >= 11 is 0. The summed E-state index contributed by atoms with van der Waals surface area (Å²) in [6.07, 6.45) is 0. The van der Waals surface area contributed by atoms with Gasteiger partial charge >= 0.3 is 0 Å². The van der Waals surface area contributed by atoms with Gasteiger partial charge in [-0.1, -0.05) is 77.9 Å². The molecule has 0 aromatic heterocycles. The molecule has 3 aromatic rings. The molecule has 130 valence electrons. The largest absolute Gasteiger partial charge is 0.355 e. The Morgan fingerprint density at radius 3 is 1.92 bits per heavy atom. The molecule has 0 aliphatic carbocycles. The molecule has 0 heterocycles. The Bertz CT molecular complexity index is 878. The number of benzene rings is 3. The van der Waals surface area contributed by atoms with Crippen LogP contribution in [0.2, 0.25) is 0 Å². The molecule has 0 amide bonds. The van der Waals surface area contributed by atoms with Crippen molar-refractivity contribution in [3.05, 3.63) is 71.8 Å². The molecular weight excluding hydrogens is 302 g/mol. The van der Waals surface area contributed by atoms with Crippen molar-refractivity contribution in [3.8, 4) is 0 Å². The second kappa shape index (κ2) is 6.22. The number of hydrogen-bond donors (Lipinski definition) is 1. The first-order chi connectivity index (χ1) is 11.7. The molecule has 1 nitrogen and oxygen atoms in total. The molecule has 0 saturated heterocycles. The number of hydrogen-bond acceptors (Lipinski definition) is 1. The zero-order valence-electron chi connectivity index (χ0n) is 16.3. The van der Waals surface area contributed by atoms with Crippen LogP contribution in [0.15, 0.2) is 60.7 Å². The SMILES string of the molecule is CC(C)(C)c1ccc2c(C(C)(C)C)ccc(Nc3ccccc3)c2c1. The van der Waals surface area contributed by atoms with Gasteiger partial charge in [-0.25, -0.2) is 0 Å². The molecule has 0 fully saturated rings. The van der Waals surface area contributed by atoms with Gasteiger partial charge in [0.15, 0.2) is 0 Å². The first-order valence-corrected chi connectivity index (χ1v) is 9.06. The zero-order chi connectivity index (χ0) is 18.2. The fourth-order valence-corrected chi connectivity index (χ4v) is 3.25. The summed E-state index contributed by atoms with van der Waals surface area (Å²) in [5.74, 6) is 0. The minimum Gasteiger partial charge on any atom is -0.355 e. The van der Waals surface area contributed by atoms with Crippen molar-refractivity contribution in [1.29, 1.82) is 0 Å². The van der Waals surface area contributed by atoms with Crippen LogP contribution < -0.4 is 5.32 Å². The van der Waals surface area contributed by atoms with Crippen molar-refractivity contribution in [2.24, 2.45) is 0 Å². The molecule has 0 radical (unpaired) electrons. The first kappa shape index (κ1) is 17.5. The highest BCUT2D eigenvalue weighted by molar-refractivity contribution is 5.98. The third-order valence-corrected chi connectivity index (χ3v) is 4.74. The van der Waals surface area contributed by atoms with Gasteiger partial charge < -0.3 is 5.32 Å². The van der Waals surface area contributed by atoms with Gasteiger partial charge in [-0.3, -0.25) is 0 Å². The van der Waals surface area contributed by atoms with Crippen LogP contribution in [-0.4, -0.2) is 0 Å². The van der Waals surface area contributed by atoms with Crippen LogP contribution in [0.1, 0.15) is 52.7 Å². The van der Waals surface area contributed by atoms with Gasteiger partial charge in [-0.2, -0.15) is 0 Å². The number of anilines is 2. The first-order valence-electron chi connectivity index (χ1n) is 9.06. The Balaban J connectivity index is 2.22. The molecule has 25 heavy (non-hydrogen) atoms. The van der Waals surface area contributed by atoms with Crippen LogP contribution >= 0.6 is 0 Å². The highest BCUT2D eigenvalue weighted by Crippen LogP contribution is 2.37. The Morgan fingerprint density at radius 2 is 1.32 bits per heavy atom. The van der Waals surface area contributed by atoms with E-state index in [0.29, 0.717) is 0 Å². The Kier molecular flexibility index (Phi) is 4.36. The van der Waals surface area contributed by atoms with E-state index in [2.05, 4.69) is 101 Å². The molecule has 1 N–H and O–H groups in total. The van der Waals surface area contributed by atoms with Crippen LogP contribution in [0.5, 0.6) is 0 Å². The molecule has 0 aliphatic rings. The third kappa shape index (κ3) is 3.71. The van der Waals surface area contributed by atoms with Crippen molar-refractivity contribution in [2.45, 2.75) is 52.4 Å². The van der Waals surface area contributed by atoms with E-state index in [4.69, 9.17) is 0 Å². The summed E-state index contributed by atoms with van der Waals surface area (Å²) in [5.41, 5.74) is 5.29. The zero-order valence-corrected chi connectivity index (χ0v) is 16.3. The van der Waals surface area contributed by atoms with E-state index in [1.54, 1.807) is 0 Å². The highest BCUT2D eigenvalue weighted by atomic mass is 14.9. The van der Waals surface area contributed by atoms with Crippen molar-refractivity contribution in [1.82, 2.24) is 0 Å². The third-order valence-electron chi connectivity index (χ3n) is 4.74.